The molecule has 202 valence electrons. The van der Waals surface area contributed by atoms with Crippen LogP contribution in [0.1, 0.15) is 122 Å². The zero-order chi connectivity index (χ0) is 26.6. The summed E-state index contributed by atoms with van der Waals surface area (Å²) >= 11 is 0. The van der Waals surface area contributed by atoms with E-state index in [9.17, 15) is 0 Å². The Kier molecular flexibility index (Phi) is 16.3. The fraction of sp³-hybridized carbons (Fsp3) is 0.543. The van der Waals surface area contributed by atoms with Crippen LogP contribution in [0.4, 0.5) is 11.4 Å². The van der Waals surface area contributed by atoms with Gasteiger partial charge in [-0.05, 0) is 80.0 Å². The van der Waals surface area contributed by atoms with Crippen molar-refractivity contribution in [2.45, 2.75) is 124 Å². The van der Waals surface area contributed by atoms with Crippen LogP contribution in [-0.4, -0.2) is 11.4 Å². The van der Waals surface area contributed by atoms with Crippen LogP contribution < -0.4 is 0 Å². The molecule has 2 aromatic rings. The number of benzene rings is 2. The molecule has 0 aromatic heterocycles. The lowest BCUT2D eigenvalue weighted by atomic mass is 9.98. The van der Waals surface area contributed by atoms with Gasteiger partial charge in [0.15, 0.2) is 0 Å². The first-order valence-electron chi connectivity index (χ1n) is 15.2. The summed E-state index contributed by atoms with van der Waals surface area (Å²) in [5.74, 6) is 0. The van der Waals surface area contributed by atoms with Crippen molar-refractivity contribution in [2.24, 2.45) is 9.98 Å². The molecule has 0 saturated carbocycles. The fourth-order valence-corrected chi connectivity index (χ4v) is 4.69. The van der Waals surface area contributed by atoms with Crippen LogP contribution in [0.3, 0.4) is 0 Å². The number of rotatable bonds is 19. The second-order valence-corrected chi connectivity index (χ2v) is 10.3. The number of para-hydroxylation sites is 1. The van der Waals surface area contributed by atoms with Gasteiger partial charge in [0.25, 0.3) is 0 Å². The van der Waals surface area contributed by atoms with Crippen molar-refractivity contribution in [2.75, 3.05) is 0 Å². The molecule has 0 N–H and O–H groups in total. The largest absolute Gasteiger partial charge is 0.251 e. The maximum absolute atomic E-state index is 5.23. The predicted octanol–water partition coefficient (Wildman–Crippen LogP) is 11.3. The van der Waals surface area contributed by atoms with Gasteiger partial charge in [-0.2, -0.15) is 0 Å². The molecule has 0 radical (unpaired) electrons. The smallest absolute Gasteiger partial charge is 0.0848 e. The summed E-state index contributed by atoms with van der Waals surface area (Å²) in [4.78, 5) is 10.3. The zero-order valence-corrected chi connectivity index (χ0v) is 24.3. The lowest BCUT2D eigenvalue weighted by Crippen LogP contribution is -2.12. The van der Waals surface area contributed by atoms with Gasteiger partial charge in [-0.3, -0.25) is 4.99 Å². The molecule has 0 heterocycles. The van der Waals surface area contributed by atoms with Crippen molar-refractivity contribution in [1.82, 2.24) is 0 Å². The average molecular weight is 501 g/mol. The van der Waals surface area contributed by atoms with Gasteiger partial charge in [-0.1, -0.05) is 116 Å². The van der Waals surface area contributed by atoms with Gasteiger partial charge in [0, 0.05) is 0 Å². The highest BCUT2D eigenvalue weighted by molar-refractivity contribution is 6.47. The third-order valence-corrected chi connectivity index (χ3v) is 6.81. The van der Waals surface area contributed by atoms with E-state index in [1.807, 2.05) is 6.07 Å². The highest BCUT2D eigenvalue weighted by Crippen LogP contribution is 2.23. The molecule has 0 fully saturated rings. The molecule has 0 spiro atoms. The molecule has 2 heteroatoms. The molecular weight excluding hydrogens is 448 g/mol. The van der Waals surface area contributed by atoms with E-state index in [4.69, 9.17) is 9.98 Å². The van der Waals surface area contributed by atoms with Crippen molar-refractivity contribution in [3.63, 3.8) is 0 Å². The molecule has 0 saturated heterocycles. The van der Waals surface area contributed by atoms with Crippen LogP contribution in [0, 0.1) is 0 Å². The van der Waals surface area contributed by atoms with Crippen LogP contribution in [0.15, 0.2) is 70.7 Å². The molecule has 0 aliphatic rings. The molecule has 0 atom stereocenters. The Morgan fingerprint density at radius 1 is 0.622 bits per heavy atom. The first-order valence-corrected chi connectivity index (χ1v) is 15.2. The van der Waals surface area contributed by atoms with Gasteiger partial charge in [0.1, 0.15) is 0 Å². The van der Waals surface area contributed by atoms with E-state index in [1.165, 1.54) is 62.5 Å². The summed E-state index contributed by atoms with van der Waals surface area (Å²) < 4.78 is 0. The van der Waals surface area contributed by atoms with Crippen molar-refractivity contribution in [3.8, 4) is 0 Å². The number of allylic oxidation sites excluding steroid dienone is 2. The van der Waals surface area contributed by atoms with Crippen molar-refractivity contribution in [3.05, 3.63) is 71.8 Å². The van der Waals surface area contributed by atoms with Gasteiger partial charge in [-0.25, -0.2) is 4.99 Å². The minimum Gasteiger partial charge on any atom is -0.251 e. The molecule has 0 aliphatic carbocycles. The maximum atomic E-state index is 5.23. The minimum atomic E-state index is 0.948. The fourth-order valence-electron chi connectivity index (χ4n) is 4.69. The van der Waals surface area contributed by atoms with E-state index < -0.39 is 0 Å². The van der Waals surface area contributed by atoms with Crippen LogP contribution in [0.2, 0.25) is 0 Å². The minimum absolute atomic E-state index is 0.948. The average Bonchev–Trinajstić information content (AvgIpc) is 2.91. The molecule has 0 aliphatic heterocycles. The Hall–Kier alpha value is -2.48. The zero-order valence-electron chi connectivity index (χ0n) is 24.3. The number of unbranched alkanes of at least 4 members (excludes halogenated alkanes) is 8. The highest BCUT2D eigenvalue weighted by atomic mass is 14.8. The molecular formula is C35H52N2. The summed E-state index contributed by atoms with van der Waals surface area (Å²) in [6.45, 7) is 9.05. The number of aryl methyl sites for hydroxylation is 2. The number of hydrogen-bond donors (Lipinski definition) is 0. The topological polar surface area (TPSA) is 24.7 Å². The summed E-state index contributed by atoms with van der Waals surface area (Å²) in [5.41, 5.74) is 7.11. The third-order valence-electron chi connectivity index (χ3n) is 6.81. The van der Waals surface area contributed by atoms with Gasteiger partial charge in [0.05, 0.1) is 22.8 Å². The normalized spacial score (nSPS) is 12.5. The van der Waals surface area contributed by atoms with Crippen LogP contribution in [-0.2, 0) is 12.8 Å². The first-order chi connectivity index (χ1) is 18.2. The van der Waals surface area contributed by atoms with Gasteiger partial charge < -0.3 is 0 Å². The lowest BCUT2D eigenvalue weighted by Gasteiger charge is -2.11. The monoisotopic (exact) mass is 500 g/mol. The number of hydrogen-bond acceptors (Lipinski definition) is 2. The Labute approximate surface area is 228 Å². The van der Waals surface area contributed by atoms with Gasteiger partial charge in [0.2, 0.25) is 0 Å². The lowest BCUT2D eigenvalue weighted by molar-refractivity contribution is 0.592. The molecule has 0 unspecified atom stereocenters. The summed E-state index contributed by atoms with van der Waals surface area (Å²) in [6, 6.07) is 17.2. The van der Waals surface area contributed by atoms with Gasteiger partial charge >= 0.3 is 0 Å². The highest BCUT2D eigenvalue weighted by Gasteiger charge is 2.09. The maximum Gasteiger partial charge on any atom is 0.0848 e. The Morgan fingerprint density at radius 3 is 2.00 bits per heavy atom. The molecule has 0 amide bonds. The van der Waals surface area contributed by atoms with Crippen molar-refractivity contribution >= 4 is 22.8 Å². The predicted molar refractivity (Wildman–Crippen MR) is 166 cm³/mol. The third kappa shape index (κ3) is 12.5. The van der Waals surface area contributed by atoms with E-state index >= 15 is 0 Å². The Morgan fingerprint density at radius 2 is 1.30 bits per heavy atom. The van der Waals surface area contributed by atoms with Crippen LogP contribution in [0.25, 0.3) is 0 Å². The first kappa shape index (κ1) is 30.7. The van der Waals surface area contributed by atoms with E-state index in [2.05, 4.69) is 82.3 Å². The SMILES string of the molecule is CCCCCCCCCC=CC(=Nc1ccccc1)C(CCCC)=Nc1ccc(CCC)c(CCC)c1. The Balaban J connectivity index is 2.28. The molecule has 37 heavy (non-hydrogen) atoms. The van der Waals surface area contributed by atoms with Gasteiger partial charge in [-0.15, -0.1) is 0 Å². The second-order valence-electron chi connectivity index (χ2n) is 10.3. The van der Waals surface area contributed by atoms with Crippen molar-refractivity contribution in [1.29, 1.82) is 0 Å². The standard InChI is InChI=1S/C35H52N2/c1-5-9-11-12-13-14-15-16-20-26-35(36-32-23-18-17-19-24-32)34(25-10-6-2)37-33-28-27-30(21-7-3)31(29-33)22-8-4/h17-20,23-24,26-29H,5-16,21-22,25H2,1-4H3. The summed E-state index contributed by atoms with van der Waals surface area (Å²) in [6.07, 6.45) is 22.9. The molecule has 2 nitrogen and oxygen atoms in total. The molecule has 2 aromatic carbocycles. The van der Waals surface area contributed by atoms with E-state index in [-0.39, 0.29) is 0 Å². The quantitative estimate of drug-likeness (QED) is 0.135. The molecule has 0 bridgehead atoms. The van der Waals surface area contributed by atoms with E-state index in [0.29, 0.717) is 0 Å². The van der Waals surface area contributed by atoms with Crippen LogP contribution in [0.5, 0.6) is 0 Å². The summed E-state index contributed by atoms with van der Waals surface area (Å²) in [5, 5.41) is 0. The van der Waals surface area contributed by atoms with E-state index in [0.717, 1.165) is 67.7 Å². The number of nitrogens with zero attached hydrogens (tertiary/aromatic N) is 2. The number of aliphatic imine (C=N–C) groups is 2. The molecule has 2 rings (SSSR count). The summed E-state index contributed by atoms with van der Waals surface area (Å²) in [7, 11) is 0. The second kappa shape index (κ2) is 19.6. The van der Waals surface area contributed by atoms with Crippen LogP contribution >= 0.6 is 0 Å². The Bertz CT molecular complexity index is 952. The van der Waals surface area contributed by atoms with E-state index in [1.54, 1.807) is 0 Å². The van der Waals surface area contributed by atoms with Crippen molar-refractivity contribution < 1.29 is 0 Å².